The maximum Gasteiger partial charge on any atom is 0.341 e. The maximum atomic E-state index is 12.4. The van der Waals surface area contributed by atoms with Crippen LogP contribution in [0.4, 0.5) is 0 Å². The van der Waals surface area contributed by atoms with Gasteiger partial charge < -0.3 is 55.1 Å². The normalized spacial score (nSPS) is 12.6. The summed E-state index contributed by atoms with van der Waals surface area (Å²) in [7, 11) is 0. The summed E-state index contributed by atoms with van der Waals surface area (Å²) in [4.78, 5) is 98.6. The molecule has 63 heavy (non-hydrogen) atoms. The molecule has 3 aromatic rings. The summed E-state index contributed by atoms with van der Waals surface area (Å²) in [5.74, 6) is -9.92. The quantitative estimate of drug-likeness (QED) is 0.0458. The molecule has 3 aromatic carbocycles. The lowest BCUT2D eigenvalue weighted by atomic mass is 9.99. The van der Waals surface area contributed by atoms with E-state index in [0.717, 1.165) is 0 Å². The first-order valence-corrected chi connectivity index (χ1v) is 19.0. The third-order valence-electron chi connectivity index (χ3n) is 9.33. The highest BCUT2D eigenvalue weighted by atomic mass is 16.5. The Morgan fingerprint density at radius 3 is 0.810 bits per heavy atom. The van der Waals surface area contributed by atoms with E-state index in [0.29, 0.717) is 16.7 Å². The van der Waals surface area contributed by atoms with Crippen molar-refractivity contribution in [2.75, 3.05) is 59.1 Å². The molecular weight excluding hydrogens is 838 g/mol. The maximum absolute atomic E-state index is 12.4. The first kappa shape index (κ1) is 50.1. The minimum Gasteiger partial charge on any atom is -0.482 e. The molecule has 3 unspecified atom stereocenters. The van der Waals surface area contributed by atoms with Crippen LogP contribution in [0.5, 0.6) is 17.2 Å². The minimum absolute atomic E-state index is 0.133. The molecule has 3 atom stereocenters. The van der Waals surface area contributed by atoms with E-state index in [1.807, 2.05) is 0 Å². The van der Waals surface area contributed by atoms with Crippen LogP contribution in [0, 0.1) is 0 Å². The molecule has 0 bridgehead atoms. The molecule has 22 nitrogen and oxygen atoms in total. The summed E-state index contributed by atoms with van der Waals surface area (Å²) in [5, 5.41) is 76.9. The van der Waals surface area contributed by atoms with Crippen molar-refractivity contribution in [1.29, 1.82) is 0 Å². The van der Waals surface area contributed by atoms with Crippen molar-refractivity contribution in [3.63, 3.8) is 0 Å². The Morgan fingerprint density at radius 1 is 0.349 bits per heavy atom. The summed E-state index contributed by atoms with van der Waals surface area (Å²) in [6.45, 7) is -4.23. The lowest BCUT2D eigenvalue weighted by molar-refractivity contribution is -0.143. The fourth-order valence-corrected chi connectivity index (χ4v) is 6.64. The first-order chi connectivity index (χ1) is 29.8. The molecule has 3 rings (SSSR count). The van der Waals surface area contributed by atoms with E-state index in [1.165, 1.54) is 82.6 Å². The number of carboxylic acids is 8. The number of nitrogens with zero attached hydrogens (tertiary/aromatic N) is 3. The van der Waals surface area contributed by atoms with Gasteiger partial charge in [-0.2, -0.15) is 0 Å². The van der Waals surface area contributed by atoms with Crippen molar-refractivity contribution < 1.29 is 93.4 Å². The van der Waals surface area contributed by atoms with Crippen molar-refractivity contribution in [3.8, 4) is 17.2 Å². The summed E-state index contributed by atoms with van der Waals surface area (Å²) in [5.41, 5.74) is 0.985. The van der Waals surface area contributed by atoms with E-state index in [4.69, 9.17) is 29.5 Å². The Balaban J connectivity index is 2.11. The highest BCUT2D eigenvalue weighted by molar-refractivity contribution is 5.72. The van der Waals surface area contributed by atoms with Gasteiger partial charge in [0.15, 0.2) is 19.8 Å². The molecule has 0 radical (unpaired) electrons. The van der Waals surface area contributed by atoms with Crippen LogP contribution >= 0.6 is 0 Å². The Hall–Kier alpha value is -7.30. The number of ether oxygens (including phenoxy) is 3. The summed E-state index contributed by atoms with van der Waals surface area (Å²) < 4.78 is 15.6. The Bertz CT molecular complexity index is 1940. The molecule has 0 amide bonds. The summed E-state index contributed by atoms with van der Waals surface area (Å²) in [6.07, 6.45) is -1.80. The van der Waals surface area contributed by atoms with Gasteiger partial charge in [0.2, 0.25) is 0 Å². The predicted molar refractivity (Wildman–Crippen MR) is 214 cm³/mol. The second-order valence-electron chi connectivity index (χ2n) is 13.9. The average Bonchev–Trinajstić information content (AvgIpc) is 3.21. The molecule has 340 valence electrons. The van der Waals surface area contributed by atoms with Crippen molar-refractivity contribution in [2.45, 2.75) is 37.4 Å². The Labute approximate surface area is 358 Å². The lowest BCUT2D eigenvalue weighted by Crippen LogP contribution is -2.45. The second kappa shape index (κ2) is 24.8. The van der Waals surface area contributed by atoms with Crippen molar-refractivity contribution in [2.24, 2.45) is 0 Å². The highest BCUT2D eigenvalue weighted by Crippen LogP contribution is 2.31. The number of benzene rings is 3. The monoisotopic (exact) mass is 885 g/mol. The van der Waals surface area contributed by atoms with E-state index in [1.54, 1.807) is 4.90 Å². The van der Waals surface area contributed by atoms with Gasteiger partial charge >= 0.3 is 47.8 Å². The number of hydrogen-bond donors (Lipinski definition) is 8. The fraction of sp³-hybridized carbons (Fsp3) is 0.366. The molecular formula is C41H47N3O19. The van der Waals surface area contributed by atoms with Crippen molar-refractivity contribution in [1.82, 2.24) is 14.7 Å². The lowest BCUT2D eigenvalue weighted by Gasteiger charge is -2.38. The van der Waals surface area contributed by atoms with Gasteiger partial charge in [-0.25, -0.2) is 14.4 Å². The zero-order valence-corrected chi connectivity index (χ0v) is 33.6. The molecule has 22 heteroatoms. The van der Waals surface area contributed by atoms with Gasteiger partial charge in [-0.15, -0.1) is 0 Å². The number of hydrogen-bond acceptors (Lipinski definition) is 14. The molecule has 0 aliphatic rings. The smallest absolute Gasteiger partial charge is 0.341 e. The van der Waals surface area contributed by atoms with Crippen LogP contribution in [-0.4, -0.2) is 162 Å². The third-order valence-corrected chi connectivity index (χ3v) is 9.33. The van der Waals surface area contributed by atoms with Crippen molar-refractivity contribution in [3.05, 3.63) is 89.5 Å². The average molecular weight is 886 g/mol. The molecule has 0 saturated heterocycles. The zero-order chi connectivity index (χ0) is 46.6. The molecule has 0 aliphatic heterocycles. The summed E-state index contributed by atoms with van der Waals surface area (Å²) >= 11 is 0. The van der Waals surface area contributed by atoms with Gasteiger partial charge in [-0.05, 0) is 53.1 Å². The van der Waals surface area contributed by atoms with E-state index in [-0.39, 0.29) is 43.4 Å². The van der Waals surface area contributed by atoms with Gasteiger partial charge in [0, 0.05) is 44.3 Å². The third kappa shape index (κ3) is 18.1. The highest BCUT2D eigenvalue weighted by Gasteiger charge is 2.31. The molecule has 0 aromatic heterocycles. The van der Waals surface area contributed by atoms with Gasteiger partial charge in [-0.3, -0.25) is 38.7 Å². The van der Waals surface area contributed by atoms with Crippen LogP contribution in [0.3, 0.4) is 0 Å². The van der Waals surface area contributed by atoms with Crippen LogP contribution in [-0.2, 0) is 38.4 Å². The van der Waals surface area contributed by atoms with E-state index in [9.17, 15) is 63.9 Å². The van der Waals surface area contributed by atoms with Gasteiger partial charge in [0.05, 0.1) is 32.4 Å². The summed E-state index contributed by atoms with van der Waals surface area (Å²) in [6, 6.07) is 13.8. The number of aliphatic carboxylic acids is 8. The first-order valence-electron chi connectivity index (χ1n) is 19.0. The number of rotatable bonds is 31. The topological polar surface area (TPSA) is 336 Å². The van der Waals surface area contributed by atoms with Gasteiger partial charge in [0.1, 0.15) is 17.2 Å². The van der Waals surface area contributed by atoms with E-state index in [2.05, 4.69) is 0 Å². The van der Waals surface area contributed by atoms with Crippen LogP contribution in [0.25, 0.3) is 0 Å². The molecule has 8 N–H and O–H groups in total. The standard InChI is InChI=1S/C41H47N3O19/c45-34(46)17-31(25-1-7-28(8-2-25)61-22-39(55)56)42(13-15-43(20-37(51)52)32(18-35(47)48)26-3-9-29(10-4-26)62-23-40(57)58)14-16-44(21-38(53)54)33(19-36(49)50)27-5-11-30(12-6-27)63-24-41(59)60/h1-12,31-33H,13-24H2,(H,45,46)(H,47,48)(H,49,50)(H,51,52)(H,53,54)(H,55,56)(H,57,58)(H,59,60). The van der Waals surface area contributed by atoms with E-state index >= 15 is 0 Å². The Kier molecular flexibility index (Phi) is 19.7. The largest absolute Gasteiger partial charge is 0.482 e. The van der Waals surface area contributed by atoms with Crippen LogP contribution in [0.2, 0.25) is 0 Å². The predicted octanol–water partition coefficient (Wildman–Crippen LogP) is 2.10. The van der Waals surface area contributed by atoms with Gasteiger partial charge in [-0.1, -0.05) is 36.4 Å². The van der Waals surface area contributed by atoms with Crippen LogP contribution in [0.1, 0.15) is 54.1 Å². The van der Waals surface area contributed by atoms with Crippen molar-refractivity contribution >= 4 is 47.8 Å². The number of carbonyl (C=O) groups is 8. The Morgan fingerprint density at radius 2 is 0.587 bits per heavy atom. The molecule has 0 heterocycles. The molecule has 0 saturated carbocycles. The minimum atomic E-state index is -1.35. The van der Waals surface area contributed by atoms with Crippen LogP contribution in [0.15, 0.2) is 72.8 Å². The second-order valence-corrected chi connectivity index (χ2v) is 13.9. The molecule has 0 fully saturated rings. The zero-order valence-electron chi connectivity index (χ0n) is 33.6. The molecule has 0 aliphatic carbocycles. The fourth-order valence-electron chi connectivity index (χ4n) is 6.64. The van der Waals surface area contributed by atoms with Crippen LogP contribution < -0.4 is 14.2 Å². The number of carboxylic acid groups (broad SMARTS) is 8. The SMILES string of the molecule is O=C(O)COc1ccc(C(CC(=O)O)N(CCN(CC(=O)O)C(CC(=O)O)c2ccc(OCC(=O)O)cc2)CCN(CC(=O)O)C(CC(=O)O)c2ccc(OCC(=O)O)cc2)cc1. The molecule has 0 spiro atoms. The van der Waals surface area contributed by atoms with E-state index < -0.39 is 118 Å². The van der Waals surface area contributed by atoms with Gasteiger partial charge in [0.25, 0.3) is 0 Å².